The van der Waals surface area contributed by atoms with Crippen molar-refractivity contribution in [2.45, 2.75) is 6.92 Å². The number of hydrazone groups is 1. The van der Waals surface area contributed by atoms with Gasteiger partial charge in [-0.1, -0.05) is 11.6 Å². The molecule has 100 valence electrons. The van der Waals surface area contributed by atoms with Gasteiger partial charge in [-0.2, -0.15) is 5.10 Å². The molecule has 0 aliphatic rings. The number of halogens is 1. The molecule has 2 heterocycles. The van der Waals surface area contributed by atoms with Crippen LogP contribution in [-0.2, 0) is 0 Å². The Morgan fingerprint density at radius 2 is 2.42 bits per heavy atom. The van der Waals surface area contributed by atoms with Gasteiger partial charge in [0.05, 0.1) is 20.1 Å². The first-order valence-electron chi connectivity index (χ1n) is 4.94. The normalized spacial score (nSPS) is 11.6. The van der Waals surface area contributed by atoms with Crippen LogP contribution in [0, 0.1) is 5.21 Å². The van der Waals surface area contributed by atoms with Crippen molar-refractivity contribution in [3.8, 4) is 0 Å². The molecule has 1 amide bonds. The maximum atomic E-state index is 11.6. The van der Waals surface area contributed by atoms with Crippen molar-refractivity contribution < 1.29 is 14.3 Å². The summed E-state index contributed by atoms with van der Waals surface area (Å²) in [5.41, 5.74) is 7.59. The molecular weight excluding hydrogens is 294 g/mol. The van der Waals surface area contributed by atoms with Gasteiger partial charge in [0.25, 0.3) is 0 Å². The first-order chi connectivity index (χ1) is 8.99. The van der Waals surface area contributed by atoms with Gasteiger partial charge in [0.2, 0.25) is 0 Å². The number of nitrogen functional groups attached to an aromatic ring is 1. The first kappa shape index (κ1) is 13.3. The number of rotatable bonds is 3. The maximum absolute atomic E-state index is 11.6. The minimum atomic E-state index is -0.809. The second-order valence-electron chi connectivity index (χ2n) is 3.41. The average Bonchev–Trinajstić information content (AvgIpc) is 2.93. The molecule has 0 unspecified atom stereocenters. The molecular formula is C9H8ClN5O3S. The highest BCUT2D eigenvalue weighted by Gasteiger charge is 2.24. The van der Waals surface area contributed by atoms with Crippen molar-refractivity contribution in [1.29, 1.82) is 0 Å². The van der Waals surface area contributed by atoms with Gasteiger partial charge in [-0.05, 0) is 24.0 Å². The molecule has 2 rings (SSSR count). The Labute approximate surface area is 116 Å². The third kappa shape index (κ3) is 2.83. The molecule has 0 saturated heterocycles. The topological polar surface area (TPSA) is 120 Å². The zero-order valence-corrected chi connectivity index (χ0v) is 11.2. The quantitative estimate of drug-likeness (QED) is 0.492. The minimum Gasteiger partial charge on any atom is -0.359 e. The van der Waals surface area contributed by atoms with Gasteiger partial charge in [-0.15, -0.1) is 11.3 Å². The number of carbonyl (C=O) groups excluding carboxylic acids is 1. The first-order valence-corrected chi connectivity index (χ1v) is 6.14. The summed E-state index contributed by atoms with van der Waals surface area (Å²) in [5.74, 6) is -1.12. The van der Waals surface area contributed by atoms with E-state index in [1.54, 1.807) is 19.1 Å². The van der Waals surface area contributed by atoms with E-state index >= 15 is 0 Å². The predicted octanol–water partition coefficient (Wildman–Crippen LogP) is 0.759. The van der Waals surface area contributed by atoms with Crippen LogP contribution in [0.1, 0.15) is 22.3 Å². The molecule has 10 heteroatoms. The average molecular weight is 302 g/mol. The van der Waals surface area contributed by atoms with E-state index in [4.69, 9.17) is 17.3 Å². The Hall–Kier alpha value is -2.13. The lowest BCUT2D eigenvalue weighted by Gasteiger charge is -1.98. The Bertz CT molecular complexity index is 631. The zero-order valence-electron chi connectivity index (χ0n) is 9.58. The molecule has 0 aliphatic carbocycles. The maximum Gasteiger partial charge on any atom is 0.322 e. The molecule has 0 spiro atoms. The zero-order chi connectivity index (χ0) is 14.0. The smallest absolute Gasteiger partial charge is 0.322 e. The summed E-state index contributed by atoms with van der Waals surface area (Å²) < 4.78 is 4.78. The van der Waals surface area contributed by atoms with E-state index in [1.807, 2.05) is 0 Å². The second-order valence-corrected chi connectivity index (χ2v) is 5.12. The highest BCUT2D eigenvalue weighted by Crippen LogP contribution is 2.21. The van der Waals surface area contributed by atoms with Gasteiger partial charge in [0.1, 0.15) is 0 Å². The van der Waals surface area contributed by atoms with E-state index in [0.29, 0.717) is 10.0 Å². The molecule has 0 aliphatic heterocycles. The number of amides is 1. The summed E-state index contributed by atoms with van der Waals surface area (Å²) in [6, 6.07) is 3.48. The fourth-order valence-electron chi connectivity index (χ4n) is 1.21. The van der Waals surface area contributed by atoms with E-state index < -0.39 is 11.6 Å². The summed E-state index contributed by atoms with van der Waals surface area (Å²) in [7, 11) is 0. The van der Waals surface area contributed by atoms with Crippen LogP contribution in [0.25, 0.3) is 0 Å². The molecule has 0 radical (unpaired) electrons. The van der Waals surface area contributed by atoms with Crippen molar-refractivity contribution in [3.05, 3.63) is 32.2 Å². The van der Waals surface area contributed by atoms with Gasteiger partial charge in [0, 0.05) is 0 Å². The molecule has 3 N–H and O–H groups in total. The lowest BCUT2D eigenvalue weighted by atomic mass is 10.3. The number of aromatic nitrogens is 2. The van der Waals surface area contributed by atoms with E-state index in [0.717, 1.165) is 4.88 Å². The lowest BCUT2D eigenvalue weighted by molar-refractivity contribution is -0.803. The number of hydrogen-bond donors (Lipinski definition) is 2. The number of nitrogens with zero attached hydrogens (tertiary/aromatic N) is 3. The fourth-order valence-corrected chi connectivity index (χ4v) is 2.20. The van der Waals surface area contributed by atoms with E-state index in [2.05, 4.69) is 20.3 Å². The summed E-state index contributed by atoms with van der Waals surface area (Å²) in [5, 5.41) is 18.1. The third-order valence-electron chi connectivity index (χ3n) is 2.11. The van der Waals surface area contributed by atoms with Crippen LogP contribution < -0.4 is 16.1 Å². The van der Waals surface area contributed by atoms with Gasteiger partial charge in [-0.3, -0.25) is 9.42 Å². The van der Waals surface area contributed by atoms with Crippen LogP contribution in [-0.4, -0.2) is 16.8 Å². The molecule has 0 aromatic carbocycles. The molecule has 0 fully saturated rings. The van der Waals surface area contributed by atoms with Gasteiger partial charge in [0.15, 0.2) is 0 Å². The van der Waals surface area contributed by atoms with Gasteiger partial charge in [-0.25, -0.2) is 5.43 Å². The van der Waals surface area contributed by atoms with Crippen molar-refractivity contribution in [2.75, 3.05) is 5.73 Å². The number of carbonyl (C=O) groups is 1. The molecule has 2 aromatic rings. The number of hydrogen-bond acceptors (Lipinski definition) is 7. The largest absolute Gasteiger partial charge is 0.359 e. The Morgan fingerprint density at radius 3 is 2.95 bits per heavy atom. The van der Waals surface area contributed by atoms with Crippen molar-refractivity contribution in [1.82, 2.24) is 10.6 Å². The van der Waals surface area contributed by atoms with E-state index in [9.17, 15) is 10.0 Å². The van der Waals surface area contributed by atoms with Crippen LogP contribution in [0.5, 0.6) is 0 Å². The highest BCUT2D eigenvalue weighted by molar-refractivity contribution is 7.18. The van der Waals surface area contributed by atoms with Crippen LogP contribution in [0.4, 0.5) is 5.82 Å². The number of nitrogens with two attached hydrogens (primary N) is 1. The number of nitrogens with one attached hydrogen (secondary N) is 1. The van der Waals surface area contributed by atoms with E-state index in [1.165, 1.54) is 11.3 Å². The molecule has 0 atom stereocenters. The van der Waals surface area contributed by atoms with Crippen molar-refractivity contribution in [2.24, 2.45) is 5.10 Å². The molecule has 19 heavy (non-hydrogen) atoms. The van der Waals surface area contributed by atoms with Crippen LogP contribution in [0.2, 0.25) is 4.34 Å². The van der Waals surface area contributed by atoms with E-state index in [-0.39, 0.29) is 10.7 Å². The predicted molar refractivity (Wildman–Crippen MR) is 68.9 cm³/mol. The fraction of sp³-hybridized carbons (Fsp3) is 0.111. The number of anilines is 1. The summed E-state index contributed by atoms with van der Waals surface area (Å²) in [6.45, 7) is 1.69. The monoisotopic (exact) mass is 301 g/mol. The van der Waals surface area contributed by atoms with Gasteiger partial charge >= 0.3 is 17.4 Å². The lowest BCUT2D eigenvalue weighted by Crippen LogP contribution is -2.36. The molecule has 2 aromatic heterocycles. The van der Waals surface area contributed by atoms with Crippen LogP contribution in [0.3, 0.4) is 0 Å². The SMILES string of the molecule is C/C(=N/NC(=O)c1c(N)no[n+]1[O-])c1ccc(Cl)s1. The molecule has 8 nitrogen and oxygen atoms in total. The highest BCUT2D eigenvalue weighted by atomic mass is 35.5. The summed E-state index contributed by atoms with van der Waals surface area (Å²) in [6.07, 6.45) is 0. The summed E-state index contributed by atoms with van der Waals surface area (Å²) in [4.78, 5) is 12.4. The molecule has 0 bridgehead atoms. The van der Waals surface area contributed by atoms with Crippen molar-refractivity contribution in [3.63, 3.8) is 0 Å². The second kappa shape index (κ2) is 5.24. The van der Waals surface area contributed by atoms with Gasteiger partial charge < -0.3 is 10.9 Å². The van der Waals surface area contributed by atoms with Crippen molar-refractivity contribution >= 4 is 40.4 Å². The minimum absolute atomic E-state index is 0.0858. The standard InChI is InChI=1S/C9H8ClN5O3S/c1-4(5-2-3-6(10)19-5)12-13-9(16)7-8(11)14-18-15(7)17/h2-3H,1H3,(H2,11,14)(H,13,16)/b12-4-. The van der Waals surface area contributed by atoms with Crippen LogP contribution in [0.15, 0.2) is 21.9 Å². The summed E-state index contributed by atoms with van der Waals surface area (Å²) >= 11 is 7.10. The van der Waals surface area contributed by atoms with Crippen LogP contribution >= 0.6 is 22.9 Å². The Morgan fingerprint density at radius 1 is 1.68 bits per heavy atom. The third-order valence-corrected chi connectivity index (χ3v) is 3.45. The number of thiophene rings is 1. The Kier molecular flexibility index (Phi) is 3.67. The molecule has 0 saturated carbocycles. The Balaban J connectivity index is 2.12.